The maximum Gasteiger partial charge on any atom is 0.258 e. The van der Waals surface area contributed by atoms with E-state index in [1.165, 1.54) is 24.3 Å². The van der Waals surface area contributed by atoms with Crippen molar-refractivity contribution in [3.8, 4) is 17.6 Å². The van der Waals surface area contributed by atoms with E-state index in [1.54, 1.807) is 24.3 Å². The monoisotopic (exact) mass is 326 g/mol. The minimum atomic E-state index is -0.497. The number of carbonyl (C=O) groups is 2. The van der Waals surface area contributed by atoms with Crippen LogP contribution in [0.1, 0.15) is 15.9 Å². The van der Waals surface area contributed by atoms with Crippen molar-refractivity contribution in [3.05, 3.63) is 65.5 Å². The topological polar surface area (TPSA) is 81.4 Å². The second-order valence-corrected chi connectivity index (χ2v) is 4.76. The zero-order valence-electron chi connectivity index (χ0n) is 12.7. The van der Waals surface area contributed by atoms with Gasteiger partial charge in [-0.25, -0.2) is 4.39 Å². The molecule has 0 heterocycles. The average molecular weight is 326 g/mol. The maximum absolute atomic E-state index is 12.7. The number of rotatable bonds is 5. The highest BCUT2D eigenvalue weighted by Gasteiger charge is 2.01. The summed E-state index contributed by atoms with van der Waals surface area (Å²) in [6.07, 6.45) is 0. The number of primary amides is 1. The van der Waals surface area contributed by atoms with Crippen molar-refractivity contribution < 1.29 is 18.7 Å². The average Bonchev–Trinajstić information content (AvgIpc) is 2.58. The number of hydrogen-bond donors (Lipinski definition) is 2. The van der Waals surface area contributed by atoms with Crippen molar-refractivity contribution in [1.82, 2.24) is 5.32 Å². The summed E-state index contributed by atoms with van der Waals surface area (Å²) >= 11 is 0. The van der Waals surface area contributed by atoms with E-state index in [4.69, 9.17) is 10.5 Å². The summed E-state index contributed by atoms with van der Waals surface area (Å²) in [4.78, 5) is 22.5. The van der Waals surface area contributed by atoms with Crippen LogP contribution in [0.5, 0.6) is 5.75 Å². The van der Waals surface area contributed by atoms with Crippen molar-refractivity contribution in [2.24, 2.45) is 5.73 Å². The lowest BCUT2D eigenvalue weighted by molar-refractivity contribution is -0.122. The second kappa shape index (κ2) is 8.34. The summed E-state index contributed by atoms with van der Waals surface area (Å²) in [7, 11) is 0. The van der Waals surface area contributed by atoms with E-state index in [-0.39, 0.29) is 24.9 Å². The molecule has 0 aromatic heterocycles. The molecule has 24 heavy (non-hydrogen) atoms. The van der Waals surface area contributed by atoms with Crippen LogP contribution in [0.25, 0.3) is 0 Å². The fourth-order valence-corrected chi connectivity index (χ4v) is 1.74. The number of hydrogen-bond acceptors (Lipinski definition) is 3. The van der Waals surface area contributed by atoms with Gasteiger partial charge in [-0.1, -0.05) is 11.8 Å². The molecule has 0 spiro atoms. The van der Waals surface area contributed by atoms with Crippen LogP contribution >= 0.6 is 0 Å². The molecule has 2 rings (SSSR count). The van der Waals surface area contributed by atoms with Gasteiger partial charge in [0.1, 0.15) is 11.6 Å². The molecule has 3 N–H and O–H groups in total. The zero-order valence-corrected chi connectivity index (χ0v) is 12.7. The Balaban J connectivity index is 1.74. The van der Waals surface area contributed by atoms with Gasteiger partial charge in [-0.15, -0.1) is 0 Å². The van der Waals surface area contributed by atoms with Gasteiger partial charge in [0.15, 0.2) is 6.61 Å². The van der Waals surface area contributed by atoms with E-state index in [1.807, 2.05) is 0 Å². The number of carbonyl (C=O) groups excluding carboxylic acids is 2. The molecule has 0 atom stereocenters. The van der Waals surface area contributed by atoms with E-state index in [2.05, 4.69) is 17.2 Å². The molecule has 0 radical (unpaired) electrons. The maximum atomic E-state index is 12.7. The van der Waals surface area contributed by atoms with Crippen LogP contribution in [-0.2, 0) is 4.79 Å². The van der Waals surface area contributed by atoms with E-state index in [0.717, 1.165) is 0 Å². The van der Waals surface area contributed by atoms with Crippen molar-refractivity contribution in [2.75, 3.05) is 13.2 Å². The second-order valence-electron chi connectivity index (χ2n) is 4.76. The lowest BCUT2D eigenvalue weighted by Crippen LogP contribution is -2.29. The summed E-state index contributed by atoms with van der Waals surface area (Å²) in [6, 6.07) is 11.9. The van der Waals surface area contributed by atoms with Crippen LogP contribution < -0.4 is 15.8 Å². The quantitative estimate of drug-likeness (QED) is 0.817. The molecule has 122 valence electrons. The predicted octanol–water partition coefficient (Wildman–Crippen LogP) is 1.47. The normalized spacial score (nSPS) is 9.54. The van der Waals surface area contributed by atoms with Gasteiger partial charge in [-0.05, 0) is 48.5 Å². The lowest BCUT2D eigenvalue weighted by atomic mass is 10.1. The van der Waals surface area contributed by atoms with Crippen molar-refractivity contribution in [3.63, 3.8) is 0 Å². The highest BCUT2D eigenvalue weighted by atomic mass is 19.1. The number of halogens is 1. The van der Waals surface area contributed by atoms with Gasteiger partial charge in [0.05, 0.1) is 6.54 Å². The SMILES string of the molecule is NC(=O)c1ccc(C#CCNC(=O)COc2ccc(F)cc2)cc1. The first-order chi connectivity index (χ1) is 11.5. The van der Waals surface area contributed by atoms with E-state index in [0.29, 0.717) is 16.9 Å². The Labute approximate surface area is 138 Å². The van der Waals surface area contributed by atoms with Crippen LogP contribution in [0, 0.1) is 17.7 Å². The predicted molar refractivity (Wildman–Crippen MR) is 86.7 cm³/mol. The molecule has 2 amide bonds. The van der Waals surface area contributed by atoms with Crippen LogP contribution in [0.15, 0.2) is 48.5 Å². The molecule has 5 nitrogen and oxygen atoms in total. The Morgan fingerprint density at radius 2 is 1.75 bits per heavy atom. The minimum absolute atomic E-state index is 0.156. The fourth-order valence-electron chi connectivity index (χ4n) is 1.74. The number of nitrogens with two attached hydrogens (primary N) is 1. The molecule has 0 aliphatic heterocycles. The van der Waals surface area contributed by atoms with Crippen molar-refractivity contribution in [1.29, 1.82) is 0 Å². The Kier molecular flexibility index (Phi) is 5.92. The first-order valence-electron chi connectivity index (χ1n) is 7.08. The lowest BCUT2D eigenvalue weighted by Gasteiger charge is -2.05. The number of nitrogens with one attached hydrogen (secondary N) is 1. The molecule has 0 fully saturated rings. The van der Waals surface area contributed by atoms with Gasteiger partial charge in [-0.2, -0.15) is 0 Å². The molecule has 0 aliphatic carbocycles. The third-order valence-corrected chi connectivity index (χ3v) is 2.96. The number of amides is 2. The molecule has 0 saturated heterocycles. The van der Waals surface area contributed by atoms with Crippen LogP contribution in [0.2, 0.25) is 0 Å². The first-order valence-corrected chi connectivity index (χ1v) is 7.08. The molecular formula is C18H15FN2O3. The summed E-state index contributed by atoms with van der Waals surface area (Å²) in [5.74, 6) is 4.84. The Bertz CT molecular complexity index is 775. The van der Waals surface area contributed by atoms with Gasteiger partial charge < -0.3 is 15.8 Å². The highest BCUT2D eigenvalue weighted by molar-refractivity contribution is 5.92. The molecule has 2 aromatic carbocycles. The van der Waals surface area contributed by atoms with Gasteiger partial charge in [-0.3, -0.25) is 9.59 Å². The summed E-state index contributed by atoms with van der Waals surface area (Å²) in [6.45, 7) is -0.0240. The van der Waals surface area contributed by atoms with Crippen molar-refractivity contribution in [2.45, 2.75) is 0 Å². The van der Waals surface area contributed by atoms with Gasteiger partial charge in [0.2, 0.25) is 5.91 Å². The van der Waals surface area contributed by atoms with Crippen molar-refractivity contribution >= 4 is 11.8 Å². The van der Waals surface area contributed by atoms with E-state index >= 15 is 0 Å². The summed E-state index contributed by atoms with van der Waals surface area (Å²) in [5.41, 5.74) is 6.26. The standard InChI is InChI=1S/C18H15FN2O3/c19-15-7-9-16(10-8-15)24-12-17(22)21-11-1-2-13-3-5-14(6-4-13)18(20)23/h3-10H,11-12H2,(H2,20,23)(H,21,22). The van der Waals surface area contributed by atoms with E-state index < -0.39 is 5.91 Å². The summed E-state index contributed by atoms with van der Waals surface area (Å²) < 4.78 is 17.9. The number of benzene rings is 2. The van der Waals surface area contributed by atoms with Crippen LogP contribution in [0.4, 0.5) is 4.39 Å². The zero-order chi connectivity index (χ0) is 17.4. The highest BCUT2D eigenvalue weighted by Crippen LogP contribution is 2.10. The van der Waals surface area contributed by atoms with Gasteiger partial charge >= 0.3 is 0 Å². The summed E-state index contributed by atoms with van der Waals surface area (Å²) in [5, 5.41) is 2.58. The Hall–Kier alpha value is -3.33. The van der Waals surface area contributed by atoms with Gasteiger partial charge in [0.25, 0.3) is 5.91 Å². The van der Waals surface area contributed by atoms with Crippen LogP contribution in [-0.4, -0.2) is 25.0 Å². The fraction of sp³-hybridized carbons (Fsp3) is 0.111. The third kappa shape index (κ3) is 5.46. The minimum Gasteiger partial charge on any atom is -0.484 e. The van der Waals surface area contributed by atoms with Crippen LogP contribution in [0.3, 0.4) is 0 Å². The Morgan fingerprint density at radius 3 is 2.38 bits per heavy atom. The largest absolute Gasteiger partial charge is 0.484 e. The molecule has 0 bridgehead atoms. The van der Waals surface area contributed by atoms with Gasteiger partial charge in [0, 0.05) is 11.1 Å². The smallest absolute Gasteiger partial charge is 0.258 e. The Morgan fingerprint density at radius 1 is 1.08 bits per heavy atom. The molecule has 2 aromatic rings. The third-order valence-electron chi connectivity index (χ3n) is 2.96. The van der Waals surface area contributed by atoms with E-state index in [9.17, 15) is 14.0 Å². The molecule has 0 saturated carbocycles. The molecule has 0 aliphatic rings. The molecule has 0 unspecified atom stereocenters. The first kappa shape index (κ1) is 17.0. The number of ether oxygens (including phenoxy) is 1. The molecular weight excluding hydrogens is 311 g/mol. The molecule has 6 heteroatoms.